The number of halogens is 1. The summed E-state index contributed by atoms with van der Waals surface area (Å²) in [7, 11) is -3.90. The maximum atomic E-state index is 14.3. The van der Waals surface area contributed by atoms with Crippen molar-refractivity contribution in [1.29, 1.82) is 0 Å². The minimum absolute atomic E-state index is 0.103. The molecule has 7 heteroatoms. The second kappa shape index (κ2) is 8.28. The molecule has 1 amide bonds. The normalized spacial score (nSPS) is 13.2. The van der Waals surface area contributed by atoms with Crippen LogP contribution in [0.2, 0.25) is 0 Å². The fourth-order valence-electron chi connectivity index (χ4n) is 3.58. The molecule has 3 aromatic carbocycles. The van der Waals surface area contributed by atoms with Gasteiger partial charge in [-0.25, -0.2) is 12.8 Å². The molecule has 1 heterocycles. The average molecular weight is 424 g/mol. The number of nitrogens with one attached hydrogen (secondary N) is 1. The third-order valence-electron chi connectivity index (χ3n) is 5.16. The molecule has 0 radical (unpaired) electrons. The molecule has 0 atom stereocenters. The van der Waals surface area contributed by atoms with E-state index in [1.165, 1.54) is 10.4 Å². The summed E-state index contributed by atoms with van der Waals surface area (Å²) in [5, 5.41) is 2.66. The lowest BCUT2D eigenvalue weighted by Crippen LogP contribution is -2.30. The lowest BCUT2D eigenvalue weighted by Gasteiger charge is -2.20. The summed E-state index contributed by atoms with van der Waals surface area (Å²) < 4.78 is 41.9. The number of amides is 1. The third-order valence-corrected chi connectivity index (χ3v) is 6.97. The molecule has 1 aliphatic heterocycles. The van der Waals surface area contributed by atoms with E-state index in [1.54, 1.807) is 12.1 Å². The van der Waals surface area contributed by atoms with Crippen LogP contribution >= 0.6 is 0 Å². The van der Waals surface area contributed by atoms with E-state index in [0.717, 1.165) is 23.3 Å². The predicted molar refractivity (Wildman–Crippen MR) is 114 cm³/mol. The first-order chi connectivity index (χ1) is 14.5. The Bertz CT molecular complexity index is 1180. The molecule has 1 aliphatic rings. The van der Waals surface area contributed by atoms with Gasteiger partial charge in [0.05, 0.1) is 16.1 Å². The van der Waals surface area contributed by atoms with Gasteiger partial charge in [0.25, 0.3) is 15.9 Å². The molecule has 0 spiro atoms. The Balaban J connectivity index is 1.53. The van der Waals surface area contributed by atoms with Gasteiger partial charge in [-0.05, 0) is 48.2 Å². The Morgan fingerprint density at radius 1 is 1.00 bits per heavy atom. The number of carbonyl (C=O) groups excluding carboxylic acids is 1. The van der Waals surface area contributed by atoms with Crippen LogP contribution in [-0.2, 0) is 22.9 Å². The van der Waals surface area contributed by atoms with Gasteiger partial charge in [0.1, 0.15) is 5.82 Å². The van der Waals surface area contributed by atoms with Gasteiger partial charge in [0, 0.05) is 13.1 Å². The van der Waals surface area contributed by atoms with Gasteiger partial charge in [0.15, 0.2) is 0 Å². The maximum absolute atomic E-state index is 14.3. The fourth-order valence-corrected chi connectivity index (χ4v) is 5.11. The van der Waals surface area contributed by atoms with Crippen molar-refractivity contribution in [2.24, 2.45) is 0 Å². The van der Waals surface area contributed by atoms with Crippen LogP contribution in [0.5, 0.6) is 0 Å². The van der Waals surface area contributed by atoms with Gasteiger partial charge >= 0.3 is 0 Å². The van der Waals surface area contributed by atoms with Gasteiger partial charge in [0.2, 0.25) is 0 Å². The van der Waals surface area contributed by atoms with Crippen LogP contribution in [0.4, 0.5) is 10.1 Å². The summed E-state index contributed by atoms with van der Waals surface area (Å²) in [6, 6.07) is 20.2. The van der Waals surface area contributed by atoms with E-state index < -0.39 is 21.7 Å². The number of para-hydroxylation sites is 1. The van der Waals surface area contributed by atoms with Crippen molar-refractivity contribution in [2.75, 3.05) is 17.4 Å². The van der Waals surface area contributed by atoms with Gasteiger partial charge < -0.3 is 5.32 Å². The molecule has 5 nitrogen and oxygen atoms in total. The van der Waals surface area contributed by atoms with Crippen molar-refractivity contribution >= 4 is 21.6 Å². The van der Waals surface area contributed by atoms with E-state index in [9.17, 15) is 17.6 Å². The Hall–Kier alpha value is -3.19. The van der Waals surface area contributed by atoms with E-state index in [4.69, 9.17) is 0 Å². The zero-order chi connectivity index (χ0) is 21.1. The highest BCUT2D eigenvalue weighted by Gasteiger charge is 2.31. The topological polar surface area (TPSA) is 66.5 Å². The van der Waals surface area contributed by atoms with Crippen molar-refractivity contribution in [1.82, 2.24) is 5.32 Å². The van der Waals surface area contributed by atoms with Crippen LogP contribution in [0, 0.1) is 5.82 Å². The quantitative estimate of drug-likeness (QED) is 0.658. The van der Waals surface area contributed by atoms with Crippen molar-refractivity contribution < 1.29 is 17.6 Å². The van der Waals surface area contributed by atoms with Crippen LogP contribution in [0.3, 0.4) is 0 Å². The molecule has 4 rings (SSSR count). The summed E-state index contributed by atoms with van der Waals surface area (Å²) in [6.45, 7) is 0.635. The molecular formula is C23H21FN2O3S. The number of anilines is 1. The lowest BCUT2D eigenvalue weighted by molar-refractivity contribution is 0.0950. The summed E-state index contributed by atoms with van der Waals surface area (Å²) in [5.74, 6) is -1.39. The first-order valence-corrected chi connectivity index (χ1v) is 11.1. The molecule has 3 aromatic rings. The first kappa shape index (κ1) is 20.1. The third kappa shape index (κ3) is 3.93. The van der Waals surface area contributed by atoms with E-state index in [1.807, 2.05) is 42.5 Å². The average Bonchev–Trinajstić information content (AvgIpc) is 3.19. The van der Waals surface area contributed by atoms with Gasteiger partial charge in [-0.1, -0.05) is 48.5 Å². The summed E-state index contributed by atoms with van der Waals surface area (Å²) in [5.41, 5.74) is 2.33. The Kier molecular flexibility index (Phi) is 5.55. The van der Waals surface area contributed by atoms with Gasteiger partial charge in [-0.2, -0.15) is 0 Å². The fraction of sp³-hybridized carbons (Fsp3) is 0.174. The Labute approximate surface area is 175 Å². The lowest BCUT2D eigenvalue weighted by atomic mass is 10.1. The van der Waals surface area contributed by atoms with Crippen LogP contribution < -0.4 is 9.62 Å². The monoisotopic (exact) mass is 424 g/mol. The van der Waals surface area contributed by atoms with E-state index in [0.29, 0.717) is 31.6 Å². The molecule has 1 N–H and O–H groups in total. The maximum Gasteiger partial charge on any atom is 0.264 e. The van der Waals surface area contributed by atoms with Crippen LogP contribution in [0.15, 0.2) is 77.7 Å². The second-order valence-electron chi connectivity index (χ2n) is 7.09. The van der Waals surface area contributed by atoms with Crippen LogP contribution in [0.25, 0.3) is 0 Å². The van der Waals surface area contributed by atoms with Gasteiger partial charge in [-0.15, -0.1) is 0 Å². The zero-order valence-corrected chi connectivity index (χ0v) is 17.0. The number of hydrogen-bond acceptors (Lipinski definition) is 3. The van der Waals surface area contributed by atoms with E-state index in [-0.39, 0.29) is 10.5 Å². The molecule has 0 unspecified atom stereocenters. The van der Waals surface area contributed by atoms with Crippen LogP contribution in [-0.4, -0.2) is 27.4 Å². The first-order valence-electron chi connectivity index (χ1n) is 9.69. The highest BCUT2D eigenvalue weighted by molar-refractivity contribution is 7.92. The number of sulfonamides is 1. The molecule has 30 heavy (non-hydrogen) atoms. The molecule has 0 fully saturated rings. The van der Waals surface area contributed by atoms with Crippen LogP contribution in [0.1, 0.15) is 21.5 Å². The second-order valence-corrected chi connectivity index (χ2v) is 8.95. The van der Waals surface area contributed by atoms with Crippen molar-refractivity contribution in [2.45, 2.75) is 17.7 Å². The van der Waals surface area contributed by atoms with Crippen molar-refractivity contribution in [3.05, 3.63) is 95.3 Å². The van der Waals surface area contributed by atoms with E-state index in [2.05, 4.69) is 5.32 Å². The number of fused-ring (bicyclic) bond motifs is 1. The standard InChI is InChI=1S/C23H21FN2O3S/c24-21-11-10-19(30(28,29)26-15-13-18-8-4-5-9-22(18)26)16-20(21)23(27)25-14-12-17-6-2-1-3-7-17/h1-11,16H,12-15H2,(H,25,27). The van der Waals surface area contributed by atoms with Gasteiger partial charge in [-0.3, -0.25) is 9.10 Å². The highest BCUT2D eigenvalue weighted by atomic mass is 32.2. The Morgan fingerprint density at radius 3 is 2.53 bits per heavy atom. The number of rotatable bonds is 6. The number of hydrogen-bond donors (Lipinski definition) is 1. The minimum atomic E-state index is -3.90. The number of benzene rings is 3. The molecule has 0 aliphatic carbocycles. The SMILES string of the molecule is O=C(NCCc1ccccc1)c1cc(S(=O)(=O)N2CCc3ccccc32)ccc1F. The molecular weight excluding hydrogens is 403 g/mol. The summed E-state index contributed by atoms with van der Waals surface area (Å²) in [4.78, 5) is 12.4. The number of nitrogens with zero attached hydrogens (tertiary/aromatic N) is 1. The zero-order valence-electron chi connectivity index (χ0n) is 16.2. The molecule has 154 valence electrons. The minimum Gasteiger partial charge on any atom is -0.352 e. The molecule has 0 saturated heterocycles. The highest BCUT2D eigenvalue weighted by Crippen LogP contribution is 2.33. The summed E-state index contributed by atoms with van der Waals surface area (Å²) in [6.07, 6.45) is 1.21. The number of carbonyl (C=O) groups is 1. The Morgan fingerprint density at radius 2 is 1.73 bits per heavy atom. The van der Waals surface area contributed by atoms with Crippen molar-refractivity contribution in [3.8, 4) is 0 Å². The predicted octanol–water partition coefficient (Wildman–Crippen LogP) is 3.55. The van der Waals surface area contributed by atoms with Crippen molar-refractivity contribution in [3.63, 3.8) is 0 Å². The largest absolute Gasteiger partial charge is 0.352 e. The molecule has 0 saturated carbocycles. The molecule has 0 aromatic heterocycles. The molecule has 0 bridgehead atoms. The smallest absolute Gasteiger partial charge is 0.264 e. The summed E-state index contributed by atoms with van der Waals surface area (Å²) >= 11 is 0. The van der Waals surface area contributed by atoms with E-state index >= 15 is 0 Å².